The van der Waals surface area contributed by atoms with Crippen LogP contribution in [0.5, 0.6) is 0 Å². The van der Waals surface area contributed by atoms with Crippen molar-refractivity contribution in [2.24, 2.45) is 40.4 Å². The van der Waals surface area contributed by atoms with E-state index in [1.54, 1.807) is 11.1 Å². The Bertz CT molecular complexity index is 672. The molecule has 1 N–H and O–H groups in total. The molecule has 1 nitrogen and oxygen atoms in total. The molecule has 0 aromatic carbocycles. The normalized spacial score (nSPS) is 43.8. The lowest BCUT2D eigenvalue weighted by atomic mass is 9.46. The summed E-state index contributed by atoms with van der Waals surface area (Å²) in [6.45, 7) is 12.0. The van der Waals surface area contributed by atoms with E-state index in [0.29, 0.717) is 16.7 Å². The zero-order valence-corrected chi connectivity index (χ0v) is 20.6. The van der Waals surface area contributed by atoms with Gasteiger partial charge in [-0.15, -0.1) is 0 Å². The molecule has 1 heteroatoms. The second kappa shape index (κ2) is 8.76. The quantitative estimate of drug-likeness (QED) is 0.437. The third-order valence-corrected chi connectivity index (χ3v) is 10.8. The fourth-order valence-electron chi connectivity index (χ4n) is 9.04. The highest BCUT2D eigenvalue weighted by Crippen LogP contribution is 2.67. The van der Waals surface area contributed by atoms with Gasteiger partial charge in [0, 0.05) is 0 Å². The van der Waals surface area contributed by atoms with E-state index in [2.05, 4.69) is 46.8 Å². The van der Waals surface area contributed by atoms with Gasteiger partial charge in [-0.05, 0) is 124 Å². The van der Waals surface area contributed by atoms with Crippen molar-refractivity contribution in [1.29, 1.82) is 0 Å². The summed E-state index contributed by atoms with van der Waals surface area (Å²) in [5, 5.41) is 10.3. The maximum Gasteiger partial charge on any atom is 0.0577 e. The zero-order valence-electron chi connectivity index (χ0n) is 20.6. The SMILES string of the molecule is C/C=C(\CCCC1CCC2[C@@H]3CC=C4C[C@@H](O)CC[C@]4(C)C3CCC12CC)C(C)C. The molecule has 7 atom stereocenters. The Morgan fingerprint density at radius 3 is 2.67 bits per heavy atom. The van der Waals surface area contributed by atoms with Crippen LogP contribution >= 0.6 is 0 Å². The zero-order chi connectivity index (χ0) is 21.5. The van der Waals surface area contributed by atoms with E-state index in [1.165, 1.54) is 64.2 Å². The van der Waals surface area contributed by atoms with Crippen LogP contribution in [0.4, 0.5) is 0 Å². The van der Waals surface area contributed by atoms with E-state index in [-0.39, 0.29) is 6.10 Å². The number of aliphatic hydroxyl groups excluding tert-OH is 1. The van der Waals surface area contributed by atoms with E-state index in [4.69, 9.17) is 0 Å². The maximum absolute atomic E-state index is 10.3. The molecular formula is C29H48O. The van der Waals surface area contributed by atoms with E-state index in [0.717, 1.165) is 36.5 Å². The molecule has 0 aliphatic heterocycles. The molecule has 0 bridgehead atoms. The Morgan fingerprint density at radius 2 is 1.97 bits per heavy atom. The molecule has 3 fully saturated rings. The summed E-state index contributed by atoms with van der Waals surface area (Å²) in [5.74, 6) is 4.42. The molecule has 0 radical (unpaired) electrons. The summed E-state index contributed by atoms with van der Waals surface area (Å²) < 4.78 is 0. The Morgan fingerprint density at radius 1 is 1.17 bits per heavy atom. The number of hydrogen-bond donors (Lipinski definition) is 1. The second-order valence-corrected chi connectivity index (χ2v) is 12.0. The van der Waals surface area contributed by atoms with Crippen LogP contribution in [0.2, 0.25) is 0 Å². The summed E-state index contributed by atoms with van der Waals surface area (Å²) in [7, 11) is 0. The van der Waals surface area contributed by atoms with Crippen LogP contribution in [0.15, 0.2) is 23.3 Å². The van der Waals surface area contributed by atoms with E-state index in [9.17, 15) is 5.11 Å². The molecule has 0 saturated heterocycles. The number of fused-ring (bicyclic) bond motifs is 5. The van der Waals surface area contributed by atoms with Crippen LogP contribution in [-0.2, 0) is 0 Å². The molecule has 4 aliphatic rings. The van der Waals surface area contributed by atoms with E-state index < -0.39 is 0 Å². The molecule has 0 heterocycles. The smallest absolute Gasteiger partial charge is 0.0577 e. The molecule has 0 spiro atoms. The monoisotopic (exact) mass is 412 g/mol. The third-order valence-electron chi connectivity index (χ3n) is 10.8. The minimum Gasteiger partial charge on any atom is -0.393 e. The van der Waals surface area contributed by atoms with Crippen molar-refractivity contribution in [2.45, 2.75) is 118 Å². The van der Waals surface area contributed by atoms with Gasteiger partial charge in [-0.3, -0.25) is 0 Å². The Labute approximate surface area is 186 Å². The molecule has 170 valence electrons. The van der Waals surface area contributed by atoms with Gasteiger partial charge < -0.3 is 5.11 Å². The van der Waals surface area contributed by atoms with Crippen molar-refractivity contribution in [2.75, 3.05) is 0 Å². The lowest BCUT2D eigenvalue weighted by Gasteiger charge is -2.58. The van der Waals surface area contributed by atoms with E-state index in [1.807, 2.05) is 0 Å². The molecule has 0 amide bonds. The highest BCUT2D eigenvalue weighted by atomic mass is 16.3. The molecule has 4 rings (SSSR count). The molecule has 3 saturated carbocycles. The summed E-state index contributed by atoms with van der Waals surface area (Å²) in [6, 6.07) is 0. The van der Waals surface area contributed by atoms with Gasteiger partial charge in [0.05, 0.1) is 6.10 Å². The summed E-state index contributed by atoms with van der Waals surface area (Å²) in [4.78, 5) is 0. The van der Waals surface area contributed by atoms with Gasteiger partial charge in [0.2, 0.25) is 0 Å². The Balaban J connectivity index is 1.48. The number of allylic oxidation sites excluding steroid dienone is 3. The van der Waals surface area contributed by atoms with Gasteiger partial charge in [-0.2, -0.15) is 0 Å². The Hall–Kier alpha value is -0.560. The summed E-state index contributed by atoms with van der Waals surface area (Å²) in [6.07, 6.45) is 20.9. The lowest BCUT2D eigenvalue weighted by molar-refractivity contribution is -0.0612. The molecule has 0 aromatic heterocycles. The van der Waals surface area contributed by atoms with Crippen LogP contribution < -0.4 is 0 Å². The second-order valence-electron chi connectivity index (χ2n) is 12.0. The fourth-order valence-corrected chi connectivity index (χ4v) is 9.04. The van der Waals surface area contributed by atoms with Gasteiger partial charge in [0.15, 0.2) is 0 Å². The van der Waals surface area contributed by atoms with Gasteiger partial charge in [0.25, 0.3) is 0 Å². The topological polar surface area (TPSA) is 20.2 Å². The van der Waals surface area contributed by atoms with Crippen molar-refractivity contribution < 1.29 is 5.11 Å². The molecule has 0 aromatic rings. The minimum atomic E-state index is -0.0806. The van der Waals surface area contributed by atoms with Crippen LogP contribution in [-0.4, -0.2) is 11.2 Å². The first-order valence-electron chi connectivity index (χ1n) is 13.4. The summed E-state index contributed by atoms with van der Waals surface area (Å²) >= 11 is 0. The predicted octanol–water partition coefficient (Wildman–Crippen LogP) is 8.09. The van der Waals surface area contributed by atoms with Gasteiger partial charge in [-0.25, -0.2) is 0 Å². The van der Waals surface area contributed by atoms with Crippen molar-refractivity contribution in [3.63, 3.8) is 0 Å². The third kappa shape index (κ3) is 3.66. The number of rotatable bonds is 6. The van der Waals surface area contributed by atoms with Gasteiger partial charge >= 0.3 is 0 Å². The highest BCUT2D eigenvalue weighted by molar-refractivity contribution is 5.25. The molecular weight excluding hydrogens is 364 g/mol. The largest absolute Gasteiger partial charge is 0.393 e. The van der Waals surface area contributed by atoms with Crippen molar-refractivity contribution >= 4 is 0 Å². The first kappa shape index (κ1) is 22.6. The fraction of sp³-hybridized carbons (Fsp3) is 0.862. The molecule has 30 heavy (non-hydrogen) atoms. The highest BCUT2D eigenvalue weighted by Gasteiger charge is 2.59. The average Bonchev–Trinajstić information content (AvgIpc) is 3.10. The minimum absolute atomic E-state index is 0.0806. The first-order chi connectivity index (χ1) is 14.4. The number of hydrogen-bond acceptors (Lipinski definition) is 1. The average molecular weight is 413 g/mol. The maximum atomic E-state index is 10.3. The lowest BCUT2D eigenvalue weighted by Crippen LogP contribution is -2.51. The van der Waals surface area contributed by atoms with Crippen LogP contribution in [0.25, 0.3) is 0 Å². The first-order valence-corrected chi connectivity index (χ1v) is 13.4. The van der Waals surface area contributed by atoms with Crippen LogP contribution in [0.1, 0.15) is 112 Å². The van der Waals surface area contributed by atoms with Crippen molar-refractivity contribution in [3.05, 3.63) is 23.3 Å². The van der Waals surface area contributed by atoms with Gasteiger partial charge in [-0.1, -0.05) is 51.0 Å². The Kier molecular flexibility index (Phi) is 6.61. The summed E-state index contributed by atoms with van der Waals surface area (Å²) in [5.41, 5.74) is 4.30. The number of aliphatic hydroxyl groups is 1. The van der Waals surface area contributed by atoms with Crippen molar-refractivity contribution in [1.82, 2.24) is 0 Å². The van der Waals surface area contributed by atoms with Crippen LogP contribution in [0, 0.1) is 40.4 Å². The standard InChI is InChI=1S/C29H48O/c1-6-21(20(3)4)9-8-10-22-12-14-27-25-13-11-23-19-24(30)15-17-28(23,5)26(25)16-18-29(22,27)7-2/h6,11,20,22,24-27,30H,7-10,12-19H2,1-5H3/b21-6+/t22?,24-,25+,26?,27?,28-,29?/m0/s1. The van der Waals surface area contributed by atoms with Gasteiger partial charge in [0.1, 0.15) is 0 Å². The molecule has 4 aliphatic carbocycles. The molecule has 4 unspecified atom stereocenters. The van der Waals surface area contributed by atoms with E-state index >= 15 is 0 Å². The predicted molar refractivity (Wildman–Crippen MR) is 128 cm³/mol. The van der Waals surface area contributed by atoms with Crippen LogP contribution in [0.3, 0.4) is 0 Å². The van der Waals surface area contributed by atoms with Crippen molar-refractivity contribution in [3.8, 4) is 0 Å².